The molecule has 0 radical (unpaired) electrons. The van der Waals surface area contributed by atoms with Crippen LogP contribution in [0.5, 0.6) is 11.5 Å². The van der Waals surface area contributed by atoms with Crippen LogP contribution in [0, 0.1) is 11.6 Å². The van der Waals surface area contributed by atoms with E-state index in [0.717, 1.165) is 34.9 Å². The van der Waals surface area contributed by atoms with Gasteiger partial charge in [-0.05, 0) is 72.1 Å². The van der Waals surface area contributed by atoms with E-state index < -0.39 is 63.3 Å². The zero-order valence-electron chi connectivity index (χ0n) is 28.5. The Balaban J connectivity index is 1.53. The minimum absolute atomic E-state index is 0.00302. The number of alkyl halides is 3. The number of rotatable bonds is 12. The SMILES string of the molecule is COc1ccc(CCS(=O)(=O)Nc2nn(C)c3c(-n4c([C@H](Cc5cc(F)cc(F)c5)NC(=O)O)nc5ccc(OC(F)(F)F)cc5c4=O)ccc(Cl)c23)cc1. The quantitative estimate of drug-likeness (QED) is 0.115. The Kier molecular flexibility index (Phi) is 10.6. The van der Waals surface area contributed by atoms with Gasteiger partial charge in [-0.25, -0.2) is 27.0 Å². The predicted octanol–water partition coefficient (Wildman–Crippen LogP) is 6.65. The number of fused-ring (bicyclic) bond motifs is 2. The van der Waals surface area contributed by atoms with Crippen molar-refractivity contribution in [2.45, 2.75) is 25.2 Å². The number of methoxy groups -OCH3 is 1. The lowest BCUT2D eigenvalue weighted by atomic mass is 10.0. The topological polar surface area (TPSA) is 167 Å². The lowest BCUT2D eigenvalue weighted by Gasteiger charge is -2.23. The molecule has 2 heterocycles. The summed E-state index contributed by atoms with van der Waals surface area (Å²) in [5.74, 6) is -3.10. The maximum Gasteiger partial charge on any atom is 0.573 e. The zero-order valence-corrected chi connectivity index (χ0v) is 30.1. The van der Waals surface area contributed by atoms with E-state index in [1.165, 1.54) is 31.0 Å². The highest BCUT2D eigenvalue weighted by atomic mass is 35.5. The number of halogens is 6. The lowest BCUT2D eigenvalue weighted by Crippen LogP contribution is -2.35. The van der Waals surface area contributed by atoms with Crippen molar-refractivity contribution in [2.75, 3.05) is 17.6 Å². The van der Waals surface area contributed by atoms with Crippen molar-refractivity contribution < 1.29 is 49.7 Å². The number of hydrogen-bond donors (Lipinski definition) is 3. The summed E-state index contributed by atoms with van der Waals surface area (Å²) >= 11 is 6.60. The smallest absolute Gasteiger partial charge is 0.497 e. The number of nitrogens with one attached hydrogen (secondary N) is 2. The van der Waals surface area contributed by atoms with Gasteiger partial charge >= 0.3 is 12.5 Å². The highest BCUT2D eigenvalue weighted by Gasteiger charge is 2.32. The van der Waals surface area contributed by atoms with Crippen molar-refractivity contribution in [3.8, 4) is 17.2 Å². The number of aryl methyl sites for hydroxylation is 2. The van der Waals surface area contributed by atoms with Crippen LogP contribution in [-0.4, -0.2) is 58.2 Å². The minimum Gasteiger partial charge on any atom is -0.497 e. The maximum absolute atomic E-state index is 14.5. The summed E-state index contributed by atoms with van der Waals surface area (Å²) in [6.45, 7) is 0. The third kappa shape index (κ3) is 8.73. The van der Waals surface area contributed by atoms with Crippen LogP contribution in [0.25, 0.3) is 27.5 Å². The van der Waals surface area contributed by atoms with Gasteiger partial charge in [0, 0.05) is 19.5 Å². The van der Waals surface area contributed by atoms with Gasteiger partial charge in [0.05, 0.1) is 51.4 Å². The molecule has 2 aromatic heterocycles. The fourth-order valence-electron chi connectivity index (χ4n) is 6.02. The molecule has 0 aliphatic heterocycles. The molecule has 288 valence electrons. The fourth-order valence-corrected chi connectivity index (χ4v) is 7.30. The molecule has 3 N–H and O–H groups in total. The number of nitrogens with zero attached hydrogens (tertiary/aromatic N) is 4. The van der Waals surface area contributed by atoms with E-state index >= 15 is 0 Å². The average Bonchev–Trinajstić information content (AvgIpc) is 3.42. The highest BCUT2D eigenvalue weighted by molar-refractivity contribution is 7.92. The number of ether oxygens (including phenoxy) is 2. The zero-order chi connectivity index (χ0) is 39.8. The molecule has 1 atom stereocenters. The number of carbonyl (C=O) groups is 1. The summed E-state index contributed by atoms with van der Waals surface area (Å²) in [7, 11) is -1.20. The molecule has 1 amide bonds. The first-order chi connectivity index (χ1) is 25.9. The van der Waals surface area contributed by atoms with E-state index in [-0.39, 0.29) is 56.5 Å². The van der Waals surface area contributed by atoms with E-state index in [1.54, 1.807) is 24.3 Å². The molecule has 55 heavy (non-hydrogen) atoms. The Bertz CT molecular complexity index is 2600. The van der Waals surface area contributed by atoms with Gasteiger partial charge in [-0.3, -0.25) is 18.8 Å². The Morgan fingerprint density at radius 2 is 1.65 bits per heavy atom. The van der Waals surface area contributed by atoms with Crippen molar-refractivity contribution in [3.05, 3.63) is 117 Å². The molecular formula is C35H28ClF5N6O7S. The van der Waals surface area contributed by atoms with Gasteiger partial charge in [0.2, 0.25) is 10.0 Å². The molecule has 4 aromatic carbocycles. The van der Waals surface area contributed by atoms with Crippen LogP contribution < -0.4 is 25.1 Å². The number of anilines is 1. The van der Waals surface area contributed by atoms with Gasteiger partial charge in [0.15, 0.2) is 5.82 Å². The third-order valence-corrected chi connectivity index (χ3v) is 9.86. The van der Waals surface area contributed by atoms with Crippen molar-refractivity contribution in [1.82, 2.24) is 24.6 Å². The van der Waals surface area contributed by atoms with Gasteiger partial charge in [-0.15, -0.1) is 13.2 Å². The third-order valence-electron chi connectivity index (χ3n) is 8.30. The molecule has 0 bridgehead atoms. The number of benzene rings is 4. The van der Waals surface area contributed by atoms with E-state index in [2.05, 4.69) is 24.9 Å². The summed E-state index contributed by atoms with van der Waals surface area (Å²) in [6.07, 6.45) is -7.09. The van der Waals surface area contributed by atoms with Crippen molar-refractivity contribution in [3.63, 3.8) is 0 Å². The Hall–Kier alpha value is -5.95. The van der Waals surface area contributed by atoms with Gasteiger partial charge < -0.3 is 19.9 Å². The van der Waals surface area contributed by atoms with Crippen LogP contribution in [0.3, 0.4) is 0 Å². The highest BCUT2D eigenvalue weighted by Crippen LogP contribution is 2.36. The standard InChI is InChI=1S/C35H28ClF5N6O7S/c1-46-30-28(10-8-25(36)29(30)31(44-46)45-55(51,52)12-11-18-3-5-22(53-2)6-4-18)47-32(27(43-34(49)50)15-19-13-20(37)16-21(38)14-19)42-26-9-7-23(54-35(39,40)41)17-24(26)33(47)48/h3-10,13-14,16-17,27,43H,11-12,15H2,1-2H3,(H,44,45)(H,49,50)/t27-/m0/s1. The van der Waals surface area contributed by atoms with Gasteiger partial charge in [0.25, 0.3) is 5.56 Å². The molecule has 0 saturated carbocycles. The number of aromatic nitrogens is 4. The monoisotopic (exact) mass is 806 g/mol. The number of carboxylic acid groups (broad SMARTS) is 1. The van der Waals surface area contributed by atoms with Crippen LogP contribution in [-0.2, 0) is 29.9 Å². The Morgan fingerprint density at radius 1 is 0.982 bits per heavy atom. The normalized spacial score (nSPS) is 12.5. The van der Waals surface area contributed by atoms with E-state index in [9.17, 15) is 45.1 Å². The average molecular weight is 807 g/mol. The van der Waals surface area contributed by atoms with Crippen LogP contribution >= 0.6 is 11.6 Å². The molecule has 0 saturated heterocycles. The van der Waals surface area contributed by atoms with Crippen LogP contribution in [0.2, 0.25) is 5.02 Å². The van der Waals surface area contributed by atoms with Crippen molar-refractivity contribution in [2.24, 2.45) is 7.05 Å². The molecule has 0 unspecified atom stereocenters. The molecule has 0 fully saturated rings. The molecule has 20 heteroatoms. The first kappa shape index (κ1) is 38.8. The fraction of sp³-hybridized carbons (Fsp3) is 0.200. The van der Waals surface area contributed by atoms with E-state index in [1.807, 2.05) is 0 Å². The maximum atomic E-state index is 14.5. The van der Waals surface area contributed by atoms with Gasteiger partial charge in [0.1, 0.15) is 29.0 Å². The molecule has 0 aliphatic rings. The molecule has 0 aliphatic carbocycles. The summed E-state index contributed by atoms with van der Waals surface area (Å²) in [6, 6.07) is 13.1. The molecule has 6 aromatic rings. The number of hydrogen-bond acceptors (Lipinski definition) is 8. The van der Waals surface area contributed by atoms with Crippen molar-refractivity contribution >= 4 is 55.3 Å². The first-order valence-electron chi connectivity index (χ1n) is 16.0. The largest absolute Gasteiger partial charge is 0.573 e. The van der Waals surface area contributed by atoms with E-state index in [0.29, 0.717) is 17.4 Å². The van der Waals surface area contributed by atoms with Crippen molar-refractivity contribution in [1.29, 1.82) is 0 Å². The lowest BCUT2D eigenvalue weighted by molar-refractivity contribution is -0.274. The van der Waals surface area contributed by atoms with Crippen LogP contribution in [0.1, 0.15) is 23.0 Å². The van der Waals surface area contributed by atoms with E-state index in [4.69, 9.17) is 16.3 Å². The second-order valence-electron chi connectivity index (χ2n) is 12.1. The molecule has 0 spiro atoms. The van der Waals surface area contributed by atoms with Crippen LogP contribution in [0.15, 0.2) is 77.6 Å². The van der Waals surface area contributed by atoms with Gasteiger partial charge in [-0.2, -0.15) is 5.10 Å². The summed E-state index contributed by atoms with van der Waals surface area (Å²) in [5.41, 5.74) is -0.659. The van der Waals surface area contributed by atoms with Gasteiger partial charge in [-0.1, -0.05) is 23.7 Å². The number of amides is 1. The van der Waals surface area contributed by atoms with Crippen LogP contribution in [0.4, 0.5) is 32.6 Å². The molecule has 6 rings (SSSR count). The second-order valence-corrected chi connectivity index (χ2v) is 14.4. The number of sulfonamides is 1. The predicted molar refractivity (Wildman–Crippen MR) is 191 cm³/mol. The second kappa shape index (κ2) is 15.1. The Morgan fingerprint density at radius 3 is 2.29 bits per heavy atom. The first-order valence-corrected chi connectivity index (χ1v) is 18.0. The summed E-state index contributed by atoms with van der Waals surface area (Å²) < 4.78 is 108. The molecule has 13 nitrogen and oxygen atoms in total. The summed E-state index contributed by atoms with van der Waals surface area (Å²) in [4.78, 5) is 31.0. The molecular weight excluding hydrogens is 779 g/mol. The minimum atomic E-state index is -5.12. The Labute approximate surface area is 312 Å². The summed E-state index contributed by atoms with van der Waals surface area (Å²) in [5, 5.41) is 15.9.